The molecule has 0 fully saturated rings. The van der Waals surface area contributed by atoms with Gasteiger partial charge in [-0.25, -0.2) is 0 Å². The van der Waals surface area contributed by atoms with Gasteiger partial charge in [-0.2, -0.15) is 0 Å². The van der Waals surface area contributed by atoms with E-state index in [0.29, 0.717) is 6.54 Å². The van der Waals surface area contributed by atoms with Gasteiger partial charge in [0.05, 0.1) is 12.8 Å². The molecule has 3 aromatic rings. The number of rotatable bonds is 2. The fourth-order valence-corrected chi connectivity index (χ4v) is 2.09. The van der Waals surface area contributed by atoms with Gasteiger partial charge < -0.3 is 10.2 Å². The van der Waals surface area contributed by atoms with Crippen LogP contribution in [0.25, 0.3) is 21.9 Å². The standard InChI is InChI=1S/C14H12N2O/c15-8-14-12(5-7-17-14)11-3-1-2-10-4-6-16-9-13(10)11/h1-7,9H,8,15H2. The van der Waals surface area contributed by atoms with Crippen LogP contribution in [0.2, 0.25) is 0 Å². The Kier molecular flexibility index (Phi) is 2.38. The summed E-state index contributed by atoms with van der Waals surface area (Å²) < 4.78 is 5.37. The SMILES string of the molecule is NCc1occc1-c1cccc2ccncc12. The number of hydrogen-bond acceptors (Lipinski definition) is 3. The molecule has 1 aromatic carbocycles. The molecule has 0 spiro atoms. The van der Waals surface area contributed by atoms with Crippen molar-refractivity contribution in [1.82, 2.24) is 4.98 Å². The summed E-state index contributed by atoms with van der Waals surface area (Å²) in [4.78, 5) is 4.18. The van der Waals surface area contributed by atoms with Crippen LogP contribution < -0.4 is 5.73 Å². The lowest BCUT2D eigenvalue weighted by Gasteiger charge is -2.05. The number of furan rings is 1. The number of nitrogens with zero attached hydrogens (tertiary/aromatic N) is 1. The molecular weight excluding hydrogens is 212 g/mol. The summed E-state index contributed by atoms with van der Waals surface area (Å²) in [6.07, 6.45) is 5.34. The Morgan fingerprint density at radius 1 is 1.12 bits per heavy atom. The van der Waals surface area contributed by atoms with Gasteiger partial charge in [-0.05, 0) is 23.1 Å². The quantitative estimate of drug-likeness (QED) is 0.728. The smallest absolute Gasteiger partial charge is 0.125 e. The first-order valence-electron chi connectivity index (χ1n) is 5.49. The fourth-order valence-electron chi connectivity index (χ4n) is 2.09. The molecule has 17 heavy (non-hydrogen) atoms. The molecule has 0 atom stereocenters. The third kappa shape index (κ3) is 1.61. The van der Waals surface area contributed by atoms with Crippen LogP contribution in [-0.2, 0) is 6.54 Å². The van der Waals surface area contributed by atoms with Crippen LogP contribution in [0.1, 0.15) is 5.76 Å². The van der Waals surface area contributed by atoms with Crippen LogP contribution >= 0.6 is 0 Å². The summed E-state index contributed by atoms with van der Waals surface area (Å²) in [5, 5.41) is 2.28. The van der Waals surface area contributed by atoms with E-state index in [9.17, 15) is 0 Å². The van der Waals surface area contributed by atoms with Crippen LogP contribution in [0, 0.1) is 0 Å². The minimum absolute atomic E-state index is 0.402. The van der Waals surface area contributed by atoms with Gasteiger partial charge in [-0.3, -0.25) is 4.98 Å². The summed E-state index contributed by atoms with van der Waals surface area (Å²) in [7, 11) is 0. The molecule has 0 aliphatic carbocycles. The van der Waals surface area contributed by atoms with E-state index in [1.165, 1.54) is 5.39 Å². The summed E-state index contributed by atoms with van der Waals surface area (Å²) in [5.74, 6) is 0.807. The van der Waals surface area contributed by atoms with Crippen molar-refractivity contribution in [3.63, 3.8) is 0 Å². The van der Waals surface area contributed by atoms with E-state index < -0.39 is 0 Å². The van der Waals surface area contributed by atoms with Crippen LogP contribution in [-0.4, -0.2) is 4.98 Å². The van der Waals surface area contributed by atoms with Gasteiger partial charge in [0.15, 0.2) is 0 Å². The van der Waals surface area contributed by atoms with Crippen LogP contribution in [0.4, 0.5) is 0 Å². The highest BCUT2D eigenvalue weighted by molar-refractivity contribution is 5.96. The second-order valence-electron chi connectivity index (χ2n) is 3.86. The lowest BCUT2D eigenvalue weighted by Crippen LogP contribution is -1.96. The lowest BCUT2D eigenvalue weighted by atomic mass is 10.0. The fraction of sp³-hybridized carbons (Fsp3) is 0.0714. The maximum Gasteiger partial charge on any atom is 0.125 e. The Balaban J connectivity index is 2.31. The topological polar surface area (TPSA) is 52.0 Å². The molecule has 0 saturated carbocycles. The molecule has 0 unspecified atom stereocenters. The van der Waals surface area contributed by atoms with Crippen molar-refractivity contribution in [3.8, 4) is 11.1 Å². The zero-order valence-corrected chi connectivity index (χ0v) is 9.26. The van der Waals surface area contributed by atoms with Crippen molar-refractivity contribution in [3.05, 3.63) is 54.7 Å². The van der Waals surface area contributed by atoms with Gasteiger partial charge in [-0.1, -0.05) is 18.2 Å². The molecular formula is C14H12N2O. The van der Waals surface area contributed by atoms with E-state index >= 15 is 0 Å². The monoisotopic (exact) mass is 224 g/mol. The number of fused-ring (bicyclic) bond motifs is 1. The molecule has 0 radical (unpaired) electrons. The number of aromatic nitrogens is 1. The average molecular weight is 224 g/mol. The van der Waals surface area contributed by atoms with E-state index in [0.717, 1.165) is 22.3 Å². The van der Waals surface area contributed by atoms with E-state index in [2.05, 4.69) is 17.1 Å². The Labute approximate surface area is 98.9 Å². The van der Waals surface area contributed by atoms with Crippen molar-refractivity contribution in [2.24, 2.45) is 5.73 Å². The zero-order valence-electron chi connectivity index (χ0n) is 9.26. The molecule has 2 N–H and O–H groups in total. The van der Waals surface area contributed by atoms with Crippen molar-refractivity contribution in [2.75, 3.05) is 0 Å². The van der Waals surface area contributed by atoms with Gasteiger partial charge in [0.2, 0.25) is 0 Å². The molecule has 0 aliphatic heterocycles. The van der Waals surface area contributed by atoms with Crippen molar-refractivity contribution in [1.29, 1.82) is 0 Å². The van der Waals surface area contributed by atoms with Crippen molar-refractivity contribution >= 4 is 10.8 Å². The first-order valence-corrected chi connectivity index (χ1v) is 5.49. The predicted octanol–water partition coefficient (Wildman–Crippen LogP) is 2.95. The predicted molar refractivity (Wildman–Crippen MR) is 67.3 cm³/mol. The Morgan fingerprint density at radius 3 is 2.94 bits per heavy atom. The van der Waals surface area contributed by atoms with Gasteiger partial charge in [0, 0.05) is 23.3 Å². The van der Waals surface area contributed by atoms with Crippen LogP contribution in [0.3, 0.4) is 0 Å². The third-order valence-corrected chi connectivity index (χ3v) is 2.90. The first kappa shape index (κ1) is 10.1. The highest BCUT2D eigenvalue weighted by Gasteiger charge is 2.09. The lowest BCUT2D eigenvalue weighted by molar-refractivity contribution is 0.513. The Hall–Kier alpha value is -2.13. The van der Waals surface area contributed by atoms with Gasteiger partial charge in [0.1, 0.15) is 5.76 Å². The maximum absolute atomic E-state index is 5.67. The highest BCUT2D eigenvalue weighted by Crippen LogP contribution is 2.30. The summed E-state index contributed by atoms with van der Waals surface area (Å²) in [6.45, 7) is 0.402. The minimum Gasteiger partial charge on any atom is -0.467 e. The highest BCUT2D eigenvalue weighted by atomic mass is 16.3. The summed E-state index contributed by atoms with van der Waals surface area (Å²) in [6, 6.07) is 10.1. The molecule has 2 heterocycles. The van der Waals surface area contributed by atoms with E-state index in [1.807, 2.05) is 24.4 Å². The first-order chi connectivity index (χ1) is 8.40. The third-order valence-electron chi connectivity index (χ3n) is 2.90. The summed E-state index contributed by atoms with van der Waals surface area (Å²) in [5.41, 5.74) is 7.83. The van der Waals surface area contributed by atoms with Crippen molar-refractivity contribution < 1.29 is 4.42 Å². The average Bonchev–Trinajstić information content (AvgIpc) is 2.86. The number of benzene rings is 1. The molecule has 0 aliphatic rings. The second-order valence-corrected chi connectivity index (χ2v) is 3.86. The molecule has 0 saturated heterocycles. The number of hydrogen-bond donors (Lipinski definition) is 1. The largest absolute Gasteiger partial charge is 0.467 e. The van der Waals surface area contributed by atoms with Gasteiger partial charge in [0.25, 0.3) is 0 Å². The molecule has 3 heteroatoms. The molecule has 0 amide bonds. The normalized spacial score (nSPS) is 10.9. The zero-order chi connectivity index (χ0) is 11.7. The van der Waals surface area contributed by atoms with Crippen LogP contribution in [0.5, 0.6) is 0 Å². The van der Waals surface area contributed by atoms with E-state index in [1.54, 1.807) is 12.5 Å². The van der Waals surface area contributed by atoms with Gasteiger partial charge in [-0.15, -0.1) is 0 Å². The summed E-state index contributed by atoms with van der Waals surface area (Å²) >= 11 is 0. The Bertz CT molecular complexity index is 653. The van der Waals surface area contributed by atoms with E-state index in [-0.39, 0.29) is 0 Å². The van der Waals surface area contributed by atoms with Gasteiger partial charge >= 0.3 is 0 Å². The van der Waals surface area contributed by atoms with E-state index in [4.69, 9.17) is 10.2 Å². The number of pyridine rings is 1. The second kappa shape index (κ2) is 4.03. The van der Waals surface area contributed by atoms with Crippen molar-refractivity contribution in [2.45, 2.75) is 6.54 Å². The number of nitrogens with two attached hydrogens (primary N) is 1. The molecule has 2 aromatic heterocycles. The minimum atomic E-state index is 0.402. The Morgan fingerprint density at radius 2 is 2.06 bits per heavy atom. The van der Waals surface area contributed by atoms with Crippen LogP contribution in [0.15, 0.2) is 53.4 Å². The molecule has 84 valence electrons. The molecule has 3 rings (SSSR count). The molecule has 0 bridgehead atoms. The maximum atomic E-state index is 5.67. The molecule has 3 nitrogen and oxygen atoms in total.